The third-order valence-corrected chi connectivity index (χ3v) is 5.23. The van der Waals surface area contributed by atoms with E-state index in [1.165, 1.54) is 16.9 Å². The molecule has 1 fully saturated rings. The molecule has 1 aromatic heterocycles. The molecule has 0 saturated carbocycles. The van der Waals surface area contributed by atoms with Gasteiger partial charge in [-0.1, -0.05) is 44.2 Å². The van der Waals surface area contributed by atoms with Crippen molar-refractivity contribution < 1.29 is 9.59 Å². The predicted molar refractivity (Wildman–Crippen MR) is 108 cm³/mol. The molecule has 0 bridgehead atoms. The Labute approximate surface area is 164 Å². The van der Waals surface area contributed by atoms with E-state index in [0.29, 0.717) is 36.3 Å². The van der Waals surface area contributed by atoms with Gasteiger partial charge in [0.05, 0.1) is 0 Å². The number of hydrogen-bond donors (Lipinski definition) is 1. The summed E-state index contributed by atoms with van der Waals surface area (Å²) >= 11 is 1.30. The van der Waals surface area contributed by atoms with Crippen LogP contribution in [0.15, 0.2) is 35.7 Å². The number of aromatic nitrogens is 1. The fraction of sp³-hybridized carbons (Fsp3) is 0.450. The second kappa shape index (κ2) is 9.10. The minimum absolute atomic E-state index is 0.0602. The number of piperazine rings is 1. The summed E-state index contributed by atoms with van der Waals surface area (Å²) in [5.41, 5.74) is 1.70. The van der Waals surface area contributed by atoms with E-state index in [0.717, 1.165) is 19.6 Å². The highest BCUT2D eigenvalue weighted by Crippen LogP contribution is 2.19. The molecule has 0 atom stereocenters. The molecule has 144 valence electrons. The quantitative estimate of drug-likeness (QED) is 0.829. The number of carbonyl (C=O) groups is 2. The van der Waals surface area contributed by atoms with Gasteiger partial charge in [-0.2, -0.15) is 0 Å². The van der Waals surface area contributed by atoms with E-state index >= 15 is 0 Å². The number of nitrogens with one attached hydrogen (secondary N) is 1. The standard InChI is InChI=1S/C20H26N4O2S/c1-15(2)12-18(25)22-20-21-17(14-27-20)19(26)24-10-8-23(9-11-24)13-16-6-4-3-5-7-16/h3-7,14-15H,8-13H2,1-2H3,(H,21,22,25). The van der Waals surface area contributed by atoms with Crippen molar-refractivity contribution in [2.24, 2.45) is 5.92 Å². The number of carbonyl (C=O) groups excluding carboxylic acids is 2. The third kappa shape index (κ3) is 5.61. The first-order valence-corrected chi connectivity index (χ1v) is 10.2. The first kappa shape index (κ1) is 19.5. The second-order valence-electron chi connectivity index (χ2n) is 7.24. The smallest absolute Gasteiger partial charge is 0.273 e. The summed E-state index contributed by atoms with van der Waals surface area (Å²) in [6.45, 7) is 7.98. The molecule has 2 amide bonds. The van der Waals surface area contributed by atoms with Crippen LogP contribution >= 0.6 is 11.3 Å². The number of thiazole rings is 1. The van der Waals surface area contributed by atoms with E-state index in [9.17, 15) is 9.59 Å². The molecule has 27 heavy (non-hydrogen) atoms. The Morgan fingerprint density at radius 3 is 2.52 bits per heavy atom. The van der Waals surface area contributed by atoms with Gasteiger partial charge in [0.15, 0.2) is 5.13 Å². The van der Waals surface area contributed by atoms with E-state index in [-0.39, 0.29) is 11.8 Å². The summed E-state index contributed by atoms with van der Waals surface area (Å²) in [4.78, 5) is 33.0. The normalized spacial score (nSPS) is 15.1. The highest BCUT2D eigenvalue weighted by Gasteiger charge is 2.24. The van der Waals surface area contributed by atoms with Gasteiger partial charge in [0, 0.05) is 44.5 Å². The molecule has 6 nitrogen and oxygen atoms in total. The third-order valence-electron chi connectivity index (χ3n) is 4.47. The Balaban J connectivity index is 1.50. The van der Waals surface area contributed by atoms with Crippen LogP contribution in [0.2, 0.25) is 0 Å². The van der Waals surface area contributed by atoms with Crippen molar-refractivity contribution in [1.82, 2.24) is 14.8 Å². The molecule has 1 saturated heterocycles. The minimum atomic E-state index is -0.0622. The summed E-state index contributed by atoms with van der Waals surface area (Å²) in [6.07, 6.45) is 0.451. The Kier molecular flexibility index (Phi) is 6.58. The van der Waals surface area contributed by atoms with E-state index in [2.05, 4.69) is 39.5 Å². The summed E-state index contributed by atoms with van der Waals surface area (Å²) in [5.74, 6) is 0.168. The van der Waals surface area contributed by atoms with E-state index < -0.39 is 0 Å². The van der Waals surface area contributed by atoms with Crippen molar-refractivity contribution in [2.75, 3.05) is 31.5 Å². The minimum Gasteiger partial charge on any atom is -0.335 e. The number of benzene rings is 1. The predicted octanol–water partition coefficient (Wildman–Crippen LogP) is 3.09. The molecule has 0 aliphatic carbocycles. The Bertz CT molecular complexity index is 767. The van der Waals surface area contributed by atoms with Crippen LogP contribution in [0, 0.1) is 5.92 Å². The highest BCUT2D eigenvalue weighted by molar-refractivity contribution is 7.14. The number of hydrogen-bond acceptors (Lipinski definition) is 5. The lowest BCUT2D eigenvalue weighted by Gasteiger charge is -2.34. The molecule has 0 spiro atoms. The van der Waals surface area contributed by atoms with Gasteiger partial charge in [-0.3, -0.25) is 14.5 Å². The Hall–Kier alpha value is -2.25. The average Bonchev–Trinajstić information content (AvgIpc) is 3.10. The number of nitrogens with zero attached hydrogens (tertiary/aromatic N) is 3. The number of rotatable bonds is 6. The van der Waals surface area contributed by atoms with Crippen LogP contribution in [0.1, 0.15) is 36.3 Å². The van der Waals surface area contributed by atoms with Gasteiger partial charge in [0.1, 0.15) is 5.69 Å². The van der Waals surface area contributed by atoms with Crippen LogP contribution in [0.5, 0.6) is 0 Å². The average molecular weight is 387 g/mol. The van der Waals surface area contributed by atoms with Crippen LogP contribution in [0.25, 0.3) is 0 Å². The van der Waals surface area contributed by atoms with Crippen molar-refractivity contribution in [1.29, 1.82) is 0 Å². The maximum absolute atomic E-state index is 12.7. The maximum atomic E-state index is 12.7. The SMILES string of the molecule is CC(C)CC(=O)Nc1nc(C(=O)N2CCN(Cc3ccccc3)CC2)cs1. The van der Waals surface area contributed by atoms with Gasteiger partial charge in [0.25, 0.3) is 5.91 Å². The van der Waals surface area contributed by atoms with Crippen molar-refractivity contribution in [3.63, 3.8) is 0 Å². The van der Waals surface area contributed by atoms with Gasteiger partial charge in [-0.15, -0.1) is 11.3 Å². The lowest BCUT2D eigenvalue weighted by molar-refractivity contribution is -0.116. The van der Waals surface area contributed by atoms with Crippen molar-refractivity contribution in [3.05, 3.63) is 47.0 Å². The van der Waals surface area contributed by atoms with Crippen molar-refractivity contribution in [3.8, 4) is 0 Å². The number of anilines is 1. The Morgan fingerprint density at radius 2 is 1.85 bits per heavy atom. The molecule has 2 aromatic rings. The summed E-state index contributed by atoms with van der Waals surface area (Å²) in [7, 11) is 0. The topological polar surface area (TPSA) is 65.5 Å². The molecule has 1 aliphatic heterocycles. The molecule has 0 unspecified atom stereocenters. The van der Waals surface area contributed by atoms with Gasteiger partial charge in [0.2, 0.25) is 5.91 Å². The van der Waals surface area contributed by atoms with E-state index in [1.807, 2.05) is 24.8 Å². The molecule has 0 radical (unpaired) electrons. The van der Waals surface area contributed by atoms with Crippen LogP contribution in [0.4, 0.5) is 5.13 Å². The summed E-state index contributed by atoms with van der Waals surface area (Å²) in [5, 5.41) is 4.99. The molecule has 2 heterocycles. The molecule has 1 aromatic carbocycles. The van der Waals surface area contributed by atoms with Crippen LogP contribution in [-0.2, 0) is 11.3 Å². The van der Waals surface area contributed by atoms with Crippen molar-refractivity contribution in [2.45, 2.75) is 26.8 Å². The van der Waals surface area contributed by atoms with Crippen LogP contribution in [0.3, 0.4) is 0 Å². The molecule has 3 rings (SSSR count). The largest absolute Gasteiger partial charge is 0.335 e. The number of amides is 2. The maximum Gasteiger partial charge on any atom is 0.273 e. The fourth-order valence-electron chi connectivity index (χ4n) is 3.08. The zero-order valence-electron chi connectivity index (χ0n) is 15.9. The molecule has 1 aliphatic rings. The summed E-state index contributed by atoms with van der Waals surface area (Å²) < 4.78 is 0. The lowest BCUT2D eigenvalue weighted by Crippen LogP contribution is -2.48. The van der Waals surface area contributed by atoms with Crippen LogP contribution in [-0.4, -0.2) is 52.8 Å². The van der Waals surface area contributed by atoms with Crippen LogP contribution < -0.4 is 5.32 Å². The molecule has 7 heteroatoms. The van der Waals surface area contributed by atoms with Crippen molar-refractivity contribution >= 4 is 28.3 Å². The first-order chi connectivity index (χ1) is 13.0. The lowest BCUT2D eigenvalue weighted by atomic mass is 10.1. The zero-order valence-corrected chi connectivity index (χ0v) is 16.7. The first-order valence-electron chi connectivity index (χ1n) is 9.32. The van der Waals surface area contributed by atoms with Gasteiger partial charge in [-0.05, 0) is 11.5 Å². The highest BCUT2D eigenvalue weighted by atomic mass is 32.1. The summed E-state index contributed by atoms with van der Waals surface area (Å²) in [6, 6.07) is 10.4. The van der Waals surface area contributed by atoms with Gasteiger partial charge >= 0.3 is 0 Å². The van der Waals surface area contributed by atoms with E-state index in [1.54, 1.807) is 5.38 Å². The molecular formula is C20H26N4O2S. The fourth-order valence-corrected chi connectivity index (χ4v) is 3.78. The second-order valence-corrected chi connectivity index (χ2v) is 8.10. The van der Waals surface area contributed by atoms with Gasteiger partial charge in [-0.25, -0.2) is 4.98 Å². The molecular weight excluding hydrogens is 360 g/mol. The zero-order chi connectivity index (χ0) is 19.2. The Morgan fingerprint density at radius 1 is 1.15 bits per heavy atom. The monoisotopic (exact) mass is 386 g/mol. The van der Waals surface area contributed by atoms with E-state index in [4.69, 9.17) is 0 Å². The molecule has 1 N–H and O–H groups in total. The van der Waals surface area contributed by atoms with Gasteiger partial charge < -0.3 is 10.2 Å².